The van der Waals surface area contributed by atoms with Crippen LogP contribution in [0.25, 0.3) is 0 Å². The zero-order valence-electron chi connectivity index (χ0n) is 16.1. The predicted molar refractivity (Wildman–Crippen MR) is 107 cm³/mol. The van der Waals surface area contributed by atoms with Crippen LogP contribution in [-0.4, -0.2) is 40.2 Å². The van der Waals surface area contributed by atoms with Crippen molar-refractivity contribution in [2.75, 3.05) is 24.5 Å². The molecule has 0 aromatic carbocycles. The number of hydrogen-bond donors (Lipinski definition) is 2. The summed E-state index contributed by atoms with van der Waals surface area (Å²) < 4.78 is 2.04. The summed E-state index contributed by atoms with van der Waals surface area (Å²) in [4.78, 5) is 22.8. The molecule has 1 aliphatic heterocycles. The lowest BCUT2D eigenvalue weighted by Crippen LogP contribution is -2.35. The van der Waals surface area contributed by atoms with E-state index in [2.05, 4.69) is 38.5 Å². The van der Waals surface area contributed by atoms with Crippen molar-refractivity contribution in [2.24, 2.45) is 5.92 Å². The third-order valence-electron chi connectivity index (χ3n) is 5.06. The van der Waals surface area contributed by atoms with Crippen LogP contribution in [0.5, 0.6) is 0 Å². The fourth-order valence-corrected chi connectivity index (χ4v) is 3.23. The number of carbonyl (C=O) groups is 1. The van der Waals surface area contributed by atoms with Crippen LogP contribution < -0.4 is 15.5 Å². The van der Waals surface area contributed by atoms with Crippen LogP contribution in [0.4, 0.5) is 10.6 Å². The normalized spacial score (nSPS) is 14.9. The van der Waals surface area contributed by atoms with Gasteiger partial charge in [0, 0.05) is 51.3 Å². The Morgan fingerprint density at radius 1 is 1.22 bits per heavy atom. The monoisotopic (exact) mass is 370 g/mol. The number of nitrogens with zero attached hydrogens (tertiary/aromatic N) is 4. The van der Waals surface area contributed by atoms with Gasteiger partial charge in [-0.1, -0.05) is 13.0 Å². The second kappa shape index (κ2) is 9.94. The molecule has 0 spiro atoms. The van der Waals surface area contributed by atoms with Gasteiger partial charge in [-0.2, -0.15) is 0 Å². The molecule has 2 amide bonds. The molecule has 146 valence electrons. The topological polar surface area (TPSA) is 75.1 Å². The Labute approximate surface area is 161 Å². The second-order valence-electron chi connectivity index (χ2n) is 7.31. The van der Waals surface area contributed by atoms with Crippen molar-refractivity contribution >= 4 is 11.8 Å². The first-order valence-electron chi connectivity index (χ1n) is 9.88. The van der Waals surface area contributed by atoms with Crippen LogP contribution in [0.15, 0.2) is 37.1 Å². The molecule has 7 nitrogen and oxygen atoms in total. The molecular weight excluding hydrogens is 340 g/mol. The van der Waals surface area contributed by atoms with Crippen LogP contribution in [0, 0.1) is 5.92 Å². The van der Waals surface area contributed by atoms with Crippen molar-refractivity contribution in [3.63, 3.8) is 0 Å². The molecule has 0 atom stereocenters. The molecule has 2 aromatic rings. The number of carbonyl (C=O) groups excluding carboxylic acids is 1. The molecule has 0 aliphatic carbocycles. The molecule has 1 fully saturated rings. The molecule has 3 rings (SSSR count). The predicted octanol–water partition coefficient (Wildman–Crippen LogP) is 2.79. The van der Waals surface area contributed by atoms with E-state index in [0.29, 0.717) is 13.1 Å². The average Bonchev–Trinajstić information content (AvgIpc) is 3.21. The van der Waals surface area contributed by atoms with E-state index in [1.54, 1.807) is 6.20 Å². The zero-order valence-corrected chi connectivity index (χ0v) is 16.1. The highest BCUT2D eigenvalue weighted by molar-refractivity contribution is 5.73. The number of nitrogens with one attached hydrogen (secondary N) is 2. The molecule has 0 radical (unpaired) electrons. The molecule has 7 heteroatoms. The first-order valence-corrected chi connectivity index (χ1v) is 9.88. The van der Waals surface area contributed by atoms with Gasteiger partial charge in [0.15, 0.2) is 0 Å². The van der Waals surface area contributed by atoms with E-state index in [1.807, 2.05) is 29.4 Å². The van der Waals surface area contributed by atoms with Crippen molar-refractivity contribution < 1.29 is 4.79 Å². The molecule has 0 unspecified atom stereocenters. The third kappa shape index (κ3) is 6.27. The first kappa shape index (κ1) is 19.2. The van der Waals surface area contributed by atoms with E-state index in [9.17, 15) is 4.79 Å². The van der Waals surface area contributed by atoms with Crippen LogP contribution in [-0.2, 0) is 13.1 Å². The van der Waals surface area contributed by atoms with E-state index in [0.717, 1.165) is 49.8 Å². The number of unbranched alkanes of at least 4 members (excludes halogenated alkanes) is 1. The minimum Gasteiger partial charge on any atom is -0.357 e. The summed E-state index contributed by atoms with van der Waals surface area (Å²) in [6.45, 7) is 6.56. The summed E-state index contributed by atoms with van der Waals surface area (Å²) in [5, 5.41) is 5.79. The lowest BCUT2D eigenvalue weighted by atomic mass is 9.99. The summed E-state index contributed by atoms with van der Waals surface area (Å²) in [5.74, 6) is 1.85. The van der Waals surface area contributed by atoms with E-state index in [4.69, 9.17) is 0 Å². The van der Waals surface area contributed by atoms with Crippen LogP contribution in [0.2, 0.25) is 0 Å². The summed E-state index contributed by atoms with van der Waals surface area (Å²) in [6.07, 6.45) is 11.8. The maximum atomic E-state index is 11.9. The molecule has 0 saturated carbocycles. The maximum Gasteiger partial charge on any atom is 0.315 e. The van der Waals surface area contributed by atoms with Crippen molar-refractivity contribution in [2.45, 2.75) is 45.7 Å². The van der Waals surface area contributed by atoms with Gasteiger partial charge in [-0.15, -0.1) is 0 Å². The molecule has 2 aromatic heterocycles. The van der Waals surface area contributed by atoms with Gasteiger partial charge in [-0.05, 0) is 43.2 Å². The largest absolute Gasteiger partial charge is 0.357 e. The quantitative estimate of drug-likeness (QED) is 0.701. The number of aryl methyl sites for hydroxylation is 1. The molecule has 1 saturated heterocycles. The highest BCUT2D eigenvalue weighted by atomic mass is 16.2. The second-order valence-corrected chi connectivity index (χ2v) is 7.31. The number of pyridine rings is 1. The Morgan fingerprint density at radius 2 is 2.07 bits per heavy atom. The Balaban J connectivity index is 1.30. The minimum absolute atomic E-state index is 0.133. The standard InChI is InChI=1S/C20H30N6O/c1-17-6-11-26(12-7-17)19-5-4-18(14-23-19)15-24-20(27)22-8-2-3-10-25-13-9-21-16-25/h4-5,9,13-14,16-17H,2-3,6-8,10-12,15H2,1H3,(H2,22,24,27). The number of amides is 2. The van der Waals surface area contributed by atoms with Crippen molar-refractivity contribution in [1.29, 1.82) is 0 Å². The average molecular weight is 371 g/mol. The number of imidazole rings is 1. The molecule has 3 heterocycles. The van der Waals surface area contributed by atoms with Crippen molar-refractivity contribution in [3.05, 3.63) is 42.6 Å². The summed E-state index contributed by atoms with van der Waals surface area (Å²) in [7, 11) is 0. The van der Waals surface area contributed by atoms with Crippen molar-refractivity contribution in [1.82, 2.24) is 25.2 Å². The number of piperidine rings is 1. The van der Waals surface area contributed by atoms with Gasteiger partial charge in [0.2, 0.25) is 0 Å². The maximum absolute atomic E-state index is 11.9. The molecular formula is C20H30N6O. The fraction of sp³-hybridized carbons (Fsp3) is 0.550. The lowest BCUT2D eigenvalue weighted by Gasteiger charge is -2.31. The Bertz CT molecular complexity index is 677. The Hall–Kier alpha value is -2.57. The number of rotatable bonds is 8. The van der Waals surface area contributed by atoms with Gasteiger partial charge >= 0.3 is 6.03 Å². The molecule has 27 heavy (non-hydrogen) atoms. The van der Waals surface area contributed by atoms with Gasteiger partial charge in [-0.25, -0.2) is 14.8 Å². The first-order chi connectivity index (χ1) is 13.2. The lowest BCUT2D eigenvalue weighted by molar-refractivity contribution is 0.240. The number of aromatic nitrogens is 3. The Kier molecular flexibility index (Phi) is 7.07. The SMILES string of the molecule is CC1CCN(c2ccc(CNC(=O)NCCCCn3ccnc3)cn2)CC1. The molecule has 2 N–H and O–H groups in total. The number of hydrogen-bond acceptors (Lipinski definition) is 4. The van der Waals surface area contributed by atoms with E-state index < -0.39 is 0 Å². The van der Waals surface area contributed by atoms with Crippen LogP contribution >= 0.6 is 0 Å². The number of urea groups is 1. The summed E-state index contributed by atoms with van der Waals surface area (Å²) in [5.41, 5.74) is 1.01. The minimum atomic E-state index is -0.133. The van der Waals surface area contributed by atoms with Gasteiger partial charge in [-0.3, -0.25) is 0 Å². The summed E-state index contributed by atoms with van der Waals surface area (Å²) in [6, 6.07) is 3.97. The van der Waals surface area contributed by atoms with Crippen LogP contribution in [0.3, 0.4) is 0 Å². The zero-order chi connectivity index (χ0) is 18.9. The Morgan fingerprint density at radius 3 is 2.78 bits per heavy atom. The van der Waals surface area contributed by atoms with Crippen molar-refractivity contribution in [3.8, 4) is 0 Å². The molecule has 1 aliphatic rings. The van der Waals surface area contributed by atoms with E-state index >= 15 is 0 Å². The van der Waals surface area contributed by atoms with Gasteiger partial charge in [0.05, 0.1) is 6.33 Å². The highest BCUT2D eigenvalue weighted by Crippen LogP contribution is 2.21. The highest BCUT2D eigenvalue weighted by Gasteiger charge is 2.16. The van der Waals surface area contributed by atoms with E-state index in [-0.39, 0.29) is 6.03 Å². The summed E-state index contributed by atoms with van der Waals surface area (Å²) >= 11 is 0. The van der Waals surface area contributed by atoms with Gasteiger partial charge < -0.3 is 20.1 Å². The third-order valence-corrected chi connectivity index (χ3v) is 5.06. The van der Waals surface area contributed by atoms with Gasteiger partial charge in [0.25, 0.3) is 0 Å². The number of anilines is 1. The smallest absolute Gasteiger partial charge is 0.315 e. The molecule has 0 bridgehead atoms. The van der Waals surface area contributed by atoms with E-state index in [1.165, 1.54) is 12.8 Å². The fourth-order valence-electron chi connectivity index (χ4n) is 3.23. The van der Waals surface area contributed by atoms with Gasteiger partial charge in [0.1, 0.15) is 5.82 Å². The van der Waals surface area contributed by atoms with Crippen LogP contribution in [0.1, 0.15) is 38.2 Å².